The van der Waals surface area contributed by atoms with Gasteiger partial charge >= 0.3 is 0 Å². The van der Waals surface area contributed by atoms with Crippen LogP contribution in [0.2, 0.25) is 0 Å². The van der Waals surface area contributed by atoms with Gasteiger partial charge in [0, 0.05) is 43.6 Å². The van der Waals surface area contributed by atoms with E-state index in [9.17, 15) is 0 Å². The molecule has 214 valence electrons. The molecule has 3 aromatic heterocycles. The van der Waals surface area contributed by atoms with Gasteiger partial charge in [0.2, 0.25) is 5.95 Å². The summed E-state index contributed by atoms with van der Waals surface area (Å²) in [5.41, 5.74) is 8.54. The number of hydrogen-bond donors (Lipinski definition) is 0. The summed E-state index contributed by atoms with van der Waals surface area (Å²) >= 11 is 0. The quantitative estimate of drug-likeness (QED) is 0.206. The molecular formula is C42H26N4. The van der Waals surface area contributed by atoms with Crippen molar-refractivity contribution in [3.8, 4) is 22.9 Å². The van der Waals surface area contributed by atoms with Crippen molar-refractivity contribution in [2.45, 2.75) is 0 Å². The van der Waals surface area contributed by atoms with E-state index >= 15 is 0 Å². The molecule has 0 saturated carbocycles. The fourth-order valence-electron chi connectivity index (χ4n) is 7.33. The van der Waals surface area contributed by atoms with E-state index in [0.717, 1.165) is 44.4 Å². The van der Waals surface area contributed by atoms with Crippen molar-refractivity contribution in [1.82, 2.24) is 19.1 Å². The molecular weight excluding hydrogens is 560 g/mol. The van der Waals surface area contributed by atoms with Crippen LogP contribution < -0.4 is 0 Å². The highest BCUT2D eigenvalue weighted by atomic mass is 15.2. The zero-order valence-corrected chi connectivity index (χ0v) is 24.8. The lowest BCUT2D eigenvalue weighted by atomic mass is 10.0. The molecule has 0 radical (unpaired) electrons. The zero-order chi connectivity index (χ0) is 30.2. The minimum Gasteiger partial charge on any atom is -0.307 e. The van der Waals surface area contributed by atoms with Crippen LogP contribution in [0, 0.1) is 0 Å². The zero-order valence-electron chi connectivity index (χ0n) is 24.8. The van der Waals surface area contributed by atoms with Crippen molar-refractivity contribution < 1.29 is 0 Å². The second-order valence-electron chi connectivity index (χ2n) is 11.8. The van der Waals surface area contributed by atoms with E-state index in [1.165, 1.54) is 37.8 Å². The van der Waals surface area contributed by atoms with Crippen LogP contribution in [0.5, 0.6) is 0 Å². The van der Waals surface area contributed by atoms with Gasteiger partial charge in [0.15, 0.2) is 0 Å². The molecule has 3 heterocycles. The predicted octanol–water partition coefficient (Wildman–Crippen LogP) is 10.6. The fraction of sp³-hybridized carbons (Fsp3) is 0. The van der Waals surface area contributed by atoms with Crippen molar-refractivity contribution in [2.24, 2.45) is 0 Å². The first-order chi connectivity index (χ1) is 22.8. The van der Waals surface area contributed by atoms with Crippen molar-refractivity contribution in [1.29, 1.82) is 0 Å². The standard InChI is InChI=1S/C42H26N4/c1-3-14-28(15-4-1)38-35-20-9-11-21-36(35)43-42(44-38)46-39-30-18-8-7-13-27(30)23-24-33(39)34-26-25-32-31-19-10-12-22-37(31)45(40(32)41(34)46)29-16-5-2-6-17-29/h1-26H. The minimum atomic E-state index is 0.659. The molecule has 0 N–H and O–H groups in total. The Kier molecular flexibility index (Phi) is 5.25. The number of benzene rings is 7. The van der Waals surface area contributed by atoms with Crippen molar-refractivity contribution in [3.63, 3.8) is 0 Å². The first-order valence-corrected chi connectivity index (χ1v) is 15.6. The van der Waals surface area contributed by atoms with Gasteiger partial charge in [0.1, 0.15) is 0 Å². The lowest BCUT2D eigenvalue weighted by Crippen LogP contribution is -2.05. The molecule has 0 aliphatic heterocycles. The lowest BCUT2D eigenvalue weighted by molar-refractivity contribution is 1.02. The van der Waals surface area contributed by atoms with E-state index < -0.39 is 0 Å². The van der Waals surface area contributed by atoms with Gasteiger partial charge in [0.25, 0.3) is 0 Å². The van der Waals surface area contributed by atoms with Gasteiger partial charge in [-0.1, -0.05) is 133 Å². The van der Waals surface area contributed by atoms with Crippen molar-refractivity contribution >= 4 is 65.3 Å². The largest absolute Gasteiger partial charge is 0.307 e. The third-order valence-corrected chi connectivity index (χ3v) is 9.30. The minimum absolute atomic E-state index is 0.659. The average molecular weight is 587 g/mol. The molecule has 0 spiro atoms. The van der Waals surface area contributed by atoms with Crippen LogP contribution in [0.4, 0.5) is 0 Å². The molecule has 0 saturated heterocycles. The second-order valence-corrected chi connectivity index (χ2v) is 11.8. The molecule has 7 aromatic carbocycles. The van der Waals surface area contributed by atoms with Crippen LogP contribution in [0.3, 0.4) is 0 Å². The summed E-state index contributed by atoms with van der Waals surface area (Å²) < 4.78 is 4.73. The smallest absolute Gasteiger partial charge is 0.235 e. The summed E-state index contributed by atoms with van der Waals surface area (Å²) in [6.45, 7) is 0. The second kappa shape index (κ2) is 9.62. The predicted molar refractivity (Wildman–Crippen MR) is 191 cm³/mol. The number of nitrogens with zero attached hydrogens (tertiary/aromatic N) is 4. The van der Waals surface area contributed by atoms with Gasteiger partial charge in [-0.25, -0.2) is 9.97 Å². The Morgan fingerprint density at radius 1 is 0.370 bits per heavy atom. The molecule has 0 bridgehead atoms. The van der Waals surface area contributed by atoms with Crippen LogP contribution in [0.15, 0.2) is 158 Å². The molecule has 0 aliphatic rings. The first kappa shape index (κ1) is 25.1. The van der Waals surface area contributed by atoms with E-state index in [2.05, 4.69) is 161 Å². The molecule has 0 amide bonds. The Morgan fingerprint density at radius 3 is 1.78 bits per heavy atom. The van der Waals surface area contributed by atoms with Gasteiger partial charge in [-0.05, 0) is 29.7 Å². The highest BCUT2D eigenvalue weighted by Crippen LogP contribution is 2.43. The number of para-hydroxylation sites is 3. The molecule has 0 fully saturated rings. The normalized spacial score (nSPS) is 11.9. The third-order valence-electron chi connectivity index (χ3n) is 9.30. The monoisotopic (exact) mass is 586 g/mol. The lowest BCUT2D eigenvalue weighted by Gasteiger charge is -2.14. The Hall–Kier alpha value is -6.26. The van der Waals surface area contributed by atoms with E-state index in [-0.39, 0.29) is 0 Å². The van der Waals surface area contributed by atoms with Crippen molar-refractivity contribution in [3.05, 3.63) is 158 Å². The number of hydrogen-bond acceptors (Lipinski definition) is 2. The summed E-state index contributed by atoms with van der Waals surface area (Å²) in [5.74, 6) is 0.659. The first-order valence-electron chi connectivity index (χ1n) is 15.6. The Morgan fingerprint density at radius 2 is 0.957 bits per heavy atom. The maximum absolute atomic E-state index is 5.43. The van der Waals surface area contributed by atoms with Gasteiger partial charge < -0.3 is 4.57 Å². The molecule has 10 aromatic rings. The highest BCUT2D eigenvalue weighted by molar-refractivity contribution is 6.26. The summed E-state index contributed by atoms with van der Waals surface area (Å²) in [6, 6.07) is 55.8. The summed E-state index contributed by atoms with van der Waals surface area (Å²) in [4.78, 5) is 10.7. The number of aromatic nitrogens is 4. The molecule has 0 aliphatic carbocycles. The van der Waals surface area contributed by atoms with Crippen LogP contribution in [-0.4, -0.2) is 19.1 Å². The van der Waals surface area contributed by atoms with Gasteiger partial charge in [-0.15, -0.1) is 0 Å². The molecule has 0 unspecified atom stereocenters. The summed E-state index contributed by atoms with van der Waals surface area (Å²) in [5, 5.41) is 8.16. The molecule has 46 heavy (non-hydrogen) atoms. The summed E-state index contributed by atoms with van der Waals surface area (Å²) in [6.07, 6.45) is 0. The van der Waals surface area contributed by atoms with Gasteiger partial charge in [0.05, 0.1) is 33.3 Å². The molecule has 4 heteroatoms. The SMILES string of the molecule is c1ccc(-c2nc(-n3c4c5ccccc5ccc4c4ccc5c6ccccc6n(-c6ccccc6)c5c43)nc3ccccc23)cc1. The number of fused-ring (bicyclic) bond motifs is 10. The summed E-state index contributed by atoms with van der Waals surface area (Å²) in [7, 11) is 0. The van der Waals surface area contributed by atoms with Crippen LogP contribution in [0.1, 0.15) is 0 Å². The molecule has 10 rings (SSSR count). The maximum atomic E-state index is 5.43. The van der Waals surface area contributed by atoms with E-state index in [4.69, 9.17) is 9.97 Å². The van der Waals surface area contributed by atoms with Crippen LogP contribution >= 0.6 is 0 Å². The fourth-order valence-corrected chi connectivity index (χ4v) is 7.33. The molecule has 4 nitrogen and oxygen atoms in total. The Balaban J connectivity index is 1.48. The van der Waals surface area contributed by atoms with Crippen molar-refractivity contribution in [2.75, 3.05) is 0 Å². The van der Waals surface area contributed by atoms with Gasteiger partial charge in [-0.3, -0.25) is 4.57 Å². The van der Waals surface area contributed by atoms with Crippen LogP contribution in [-0.2, 0) is 0 Å². The third kappa shape index (κ3) is 3.49. The highest BCUT2D eigenvalue weighted by Gasteiger charge is 2.24. The Labute approximate surface area is 264 Å². The topological polar surface area (TPSA) is 35.6 Å². The van der Waals surface area contributed by atoms with E-state index in [1.54, 1.807) is 0 Å². The Bertz CT molecular complexity index is 2790. The average Bonchev–Trinajstić information content (AvgIpc) is 3.65. The number of rotatable bonds is 3. The van der Waals surface area contributed by atoms with E-state index in [0.29, 0.717) is 5.95 Å². The van der Waals surface area contributed by atoms with Crippen LogP contribution in [0.25, 0.3) is 88.2 Å². The van der Waals surface area contributed by atoms with Gasteiger partial charge in [-0.2, -0.15) is 0 Å². The van der Waals surface area contributed by atoms with E-state index in [1.807, 2.05) is 6.07 Å². The maximum Gasteiger partial charge on any atom is 0.235 e. The molecule has 0 atom stereocenters.